The standard InChI is InChI=1S/C33H30N6.3BrH/c1-7-37-8-2-31(1)34-19-25-13-26-15-27(14-25)21-36-33-5-11-39(12-6-33)24-30-17-28(22-37)16-29(18-30)23-38-9-3-32(4-10-38)35-20-26;;;/h1-18H,19-24H2;3*1H. The third kappa shape index (κ3) is 7.76. The van der Waals surface area contributed by atoms with E-state index in [1.165, 1.54) is 33.4 Å². The number of rotatable bonds is 0. The van der Waals surface area contributed by atoms with Gasteiger partial charge in [-0.25, -0.2) is 13.7 Å². The number of nitrogens with zero attached hydrogens (tertiary/aromatic N) is 3. The van der Waals surface area contributed by atoms with Crippen molar-refractivity contribution in [3.8, 4) is 0 Å². The lowest BCUT2D eigenvalue weighted by molar-refractivity contribution is -0.690. The van der Waals surface area contributed by atoms with Gasteiger partial charge in [-0.05, 0) is 34.9 Å². The van der Waals surface area contributed by atoms with Crippen molar-refractivity contribution in [2.24, 2.45) is 0 Å². The van der Waals surface area contributed by atoms with Crippen LogP contribution < -0.4 is 80.6 Å². The third-order valence-corrected chi connectivity index (χ3v) is 7.48. The van der Waals surface area contributed by atoms with Crippen LogP contribution >= 0.6 is 0 Å². The van der Waals surface area contributed by atoms with E-state index in [0.29, 0.717) is 0 Å². The SMILES string of the molecule is [Br-].[Br-].[Br-].c1c2cc3cc1CNc1cc[n+](cc1)Cc1cc(cc(c1)C[n+]1ccc(cc1)NC3)C[n+]1ccc(cc1)NC2. The van der Waals surface area contributed by atoms with E-state index in [0.717, 1.165) is 56.3 Å². The first-order valence-corrected chi connectivity index (χ1v) is 13.6. The van der Waals surface area contributed by atoms with E-state index in [1.807, 2.05) is 0 Å². The summed E-state index contributed by atoms with van der Waals surface area (Å²) in [7, 11) is 0. The molecule has 12 aliphatic rings. The minimum Gasteiger partial charge on any atom is -1.00 e. The molecule has 42 heavy (non-hydrogen) atoms. The van der Waals surface area contributed by atoms with Crippen LogP contribution in [0.5, 0.6) is 0 Å². The van der Waals surface area contributed by atoms with Crippen LogP contribution in [0.2, 0.25) is 0 Å². The van der Waals surface area contributed by atoms with Crippen molar-refractivity contribution in [1.29, 1.82) is 0 Å². The molecule has 9 heteroatoms. The molecule has 15 heterocycles. The van der Waals surface area contributed by atoms with Crippen molar-refractivity contribution in [1.82, 2.24) is 0 Å². The Labute approximate surface area is 278 Å². The summed E-state index contributed by atoms with van der Waals surface area (Å²) in [4.78, 5) is 0. The van der Waals surface area contributed by atoms with Crippen LogP contribution in [0, 0.1) is 0 Å². The molecule has 0 radical (unpaired) electrons. The molecule has 0 unspecified atom stereocenters. The zero-order chi connectivity index (χ0) is 26.0. The van der Waals surface area contributed by atoms with Crippen molar-refractivity contribution >= 4 is 17.1 Å². The number of pyridine rings is 3. The molecule has 0 atom stereocenters. The molecule has 0 amide bonds. The van der Waals surface area contributed by atoms with Crippen LogP contribution in [0.4, 0.5) is 17.1 Å². The molecule has 3 aromatic heterocycles. The van der Waals surface area contributed by atoms with Crippen LogP contribution in [0.15, 0.2) is 110 Å². The van der Waals surface area contributed by atoms with Gasteiger partial charge in [-0.15, -0.1) is 0 Å². The average molecular weight is 753 g/mol. The topological polar surface area (TPSA) is 47.7 Å². The molecule has 12 bridgehead atoms. The lowest BCUT2D eigenvalue weighted by atomic mass is 10.0. The van der Waals surface area contributed by atoms with Crippen LogP contribution in [0.1, 0.15) is 33.4 Å². The summed E-state index contributed by atoms with van der Waals surface area (Å²) in [6.07, 6.45) is 13.0. The second-order valence-electron chi connectivity index (χ2n) is 10.7. The Morgan fingerprint density at radius 2 is 0.595 bits per heavy atom. The van der Waals surface area contributed by atoms with Gasteiger partial charge >= 0.3 is 0 Å². The Hall–Kier alpha value is -3.27. The van der Waals surface area contributed by atoms with Crippen LogP contribution in [0.3, 0.4) is 0 Å². The summed E-state index contributed by atoms with van der Waals surface area (Å²) >= 11 is 0. The van der Waals surface area contributed by atoms with Gasteiger partial charge in [0.2, 0.25) is 0 Å². The molecule has 12 aliphatic heterocycles. The number of aromatic nitrogens is 3. The zero-order valence-corrected chi connectivity index (χ0v) is 27.9. The fourth-order valence-corrected chi connectivity index (χ4v) is 5.55. The van der Waals surface area contributed by atoms with Gasteiger partial charge in [-0.2, -0.15) is 0 Å². The number of benzene rings is 2. The second-order valence-corrected chi connectivity index (χ2v) is 10.7. The maximum Gasteiger partial charge on any atom is 0.173 e. The molecule has 5 aromatic rings. The predicted molar refractivity (Wildman–Crippen MR) is 152 cm³/mol. The highest BCUT2D eigenvalue weighted by atomic mass is 79.9. The van der Waals surface area contributed by atoms with Gasteiger partial charge < -0.3 is 66.9 Å². The van der Waals surface area contributed by atoms with E-state index in [4.69, 9.17) is 0 Å². The fraction of sp³-hybridized carbons (Fsp3) is 0.182. The van der Waals surface area contributed by atoms with Gasteiger partial charge in [-0.1, -0.05) is 18.2 Å². The van der Waals surface area contributed by atoms with Gasteiger partial charge in [0.1, 0.15) is 0 Å². The summed E-state index contributed by atoms with van der Waals surface area (Å²) in [5, 5.41) is 10.9. The minimum absolute atomic E-state index is 0. The fourth-order valence-electron chi connectivity index (χ4n) is 5.55. The number of hydrogen-bond donors (Lipinski definition) is 3. The molecule has 0 aliphatic carbocycles. The lowest BCUT2D eigenvalue weighted by Gasteiger charge is -2.14. The Morgan fingerprint density at radius 1 is 0.357 bits per heavy atom. The summed E-state index contributed by atoms with van der Waals surface area (Å²) < 4.78 is 6.76. The monoisotopic (exact) mass is 750 g/mol. The van der Waals surface area contributed by atoms with Crippen molar-refractivity contribution in [3.63, 3.8) is 0 Å². The molecular formula is C33H33Br3N6. The number of hydrogen-bond acceptors (Lipinski definition) is 3. The Kier molecular flexibility index (Phi) is 10.8. The highest BCUT2D eigenvalue weighted by Crippen LogP contribution is 2.18. The maximum absolute atomic E-state index is 3.63. The zero-order valence-electron chi connectivity index (χ0n) is 23.1. The van der Waals surface area contributed by atoms with Crippen molar-refractivity contribution in [2.75, 3.05) is 16.0 Å². The Balaban J connectivity index is 0.00000135. The number of nitrogens with one attached hydrogen (secondary N) is 3. The van der Waals surface area contributed by atoms with E-state index < -0.39 is 0 Å². The summed E-state index contributed by atoms with van der Waals surface area (Å²) in [6, 6.07) is 26.9. The van der Waals surface area contributed by atoms with Crippen LogP contribution in [-0.4, -0.2) is 0 Å². The van der Waals surface area contributed by atoms with Crippen molar-refractivity contribution in [3.05, 3.63) is 143 Å². The molecule has 216 valence electrons. The molecule has 0 spiro atoms. The minimum atomic E-state index is 0. The van der Waals surface area contributed by atoms with E-state index in [-0.39, 0.29) is 50.9 Å². The van der Waals surface area contributed by atoms with E-state index >= 15 is 0 Å². The molecule has 17 rings (SSSR count). The summed E-state index contributed by atoms with van der Waals surface area (Å²) in [6.45, 7) is 4.79. The third-order valence-electron chi connectivity index (χ3n) is 7.48. The summed E-state index contributed by atoms with van der Waals surface area (Å²) in [5.41, 5.74) is 11.1. The van der Waals surface area contributed by atoms with Gasteiger partial charge in [0, 0.05) is 89.8 Å². The predicted octanol–water partition coefficient (Wildman–Crippen LogP) is -4.83. The second kappa shape index (κ2) is 14.3. The van der Waals surface area contributed by atoms with Crippen LogP contribution in [-0.2, 0) is 39.3 Å². The molecule has 2 aromatic carbocycles. The first kappa shape index (κ1) is 31.7. The maximum atomic E-state index is 3.63. The average Bonchev–Trinajstić information content (AvgIpc) is 2.95. The first-order chi connectivity index (χ1) is 19.2. The van der Waals surface area contributed by atoms with E-state index in [9.17, 15) is 0 Å². The normalized spacial score (nSPS) is 13.1. The highest BCUT2D eigenvalue weighted by Gasteiger charge is 2.14. The van der Waals surface area contributed by atoms with Crippen molar-refractivity contribution < 1.29 is 64.6 Å². The lowest BCUT2D eigenvalue weighted by Crippen LogP contribution is -3.00. The Morgan fingerprint density at radius 3 is 0.857 bits per heavy atom. The van der Waals surface area contributed by atoms with E-state index in [2.05, 4.69) is 140 Å². The van der Waals surface area contributed by atoms with Gasteiger partial charge in [-0.3, -0.25) is 0 Å². The van der Waals surface area contributed by atoms with E-state index in [1.54, 1.807) is 0 Å². The molecule has 0 fully saturated rings. The highest BCUT2D eigenvalue weighted by molar-refractivity contribution is 5.45. The molecule has 6 nitrogen and oxygen atoms in total. The summed E-state index contributed by atoms with van der Waals surface area (Å²) in [5.74, 6) is 0. The largest absolute Gasteiger partial charge is 1.00 e. The van der Waals surface area contributed by atoms with Crippen molar-refractivity contribution in [2.45, 2.75) is 39.3 Å². The number of halogens is 3. The van der Waals surface area contributed by atoms with Crippen LogP contribution in [0.25, 0.3) is 0 Å². The van der Waals surface area contributed by atoms with Gasteiger partial charge in [0.05, 0.1) is 0 Å². The quantitative estimate of drug-likeness (QED) is 0.139. The smallest absolute Gasteiger partial charge is 0.173 e. The first-order valence-electron chi connectivity index (χ1n) is 13.6. The van der Waals surface area contributed by atoms with Gasteiger partial charge in [0.15, 0.2) is 56.8 Å². The molecular weight excluding hydrogens is 720 g/mol. The molecule has 3 N–H and O–H groups in total. The molecule has 0 saturated heterocycles. The van der Waals surface area contributed by atoms with Gasteiger partial charge in [0.25, 0.3) is 0 Å². The Bertz CT molecular complexity index is 1410. The number of anilines is 3. The molecule has 0 saturated carbocycles.